The monoisotopic (exact) mass is 342 g/mol. The van der Waals surface area contributed by atoms with Crippen LogP contribution in [0, 0.1) is 18.3 Å². The number of carbonyl (C=O) groups is 1. The molecule has 0 aliphatic rings. The molecule has 6 heteroatoms. The van der Waals surface area contributed by atoms with Gasteiger partial charge >= 0.3 is 0 Å². The molecule has 0 bridgehead atoms. The zero-order valence-electron chi connectivity index (χ0n) is 13.1. The summed E-state index contributed by atoms with van der Waals surface area (Å²) in [5.41, 5.74) is 1.37. The molecular formula is C18H15ClN2O3. The lowest BCUT2D eigenvalue weighted by Crippen LogP contribution is -2.14. The Morgan fingerprint density at radius 1 is 1.33 bits per heavy atom. The van der Waals surface area contributed by atoms with Gasteiger partial charge in [0.1, 0.15) is 11.6 Å². The largest absolute Gasteiger partial charge is 0.504 e. The molecule has 0 aromatic heterocycles. The number of nitrogens with one attached hydrogen (secondary N) is 1. The third kappa shape index (κ3) is 3.67. The molecule has 0 aliphatic carbocycles. The maximum Gasteiger partial charge on any atom is 0.266 e. The first-order valence-corrected chi connectivity index (χ1v) is 7.40. The van der Waals surface area contributed by atoms with Crippen LogP contribution in [0.1, 0.15) is 11.1 Å². The van der Waals surface area contributed by atoms with E-state index in [0.717, 1.165) is 0 Å². The molecule has 0 atom stereocenters. The van der Waals surface area contributed by atoms with E-state index in [2.05, 4.69) is 5.32 Å². The topological polar surface area (TPSA) is 82.3 Å². The highest BCUT2D eigenvalue weighted by Crippen LogP contribution is 2.31. The lowest BCUT2D eigenvalue weighted by atomic mass is 10.1. The number of hydrogen-bond donors (Lipinski definition) is 2. The molecule has 24 heavy (non-hydrogen) atoms. The maximum absolute atomic E-state index is 12.3. The number of phenolic OH excluding ortho intramolecular Hbond substituents is 1. The van der Waals surface area contributed by atoms with Crippen LogP contribution in [-0.2, 0) is 4.79 Å². The van der Waals surface area contributed by atoms with Gasteiger partial charge in [-0.25, -0.2) is 0 Å². The molecule has 0 unspecified atom stereocenters. The van der Waals surface area contributed by atoms with Crippen molar-refractivity contribution < 1.29 is 14.6 Å². The van der Waals surface area contributed by atoms with Crippen LogP contribution in [-0.4, -0.2) is 18.1 Å². The van der Waals surface area contributed by atoms with Crippen LogP contribution in [0.2, 0.25) is 5.02 Å². The number of anilines is 1. The zero-order chi connectivity index (χ0) is 17.7. The number of halogens is 1. The van der Waals surface area contributed by atoms with E-state index in [9.17, 15) is 15.2 Å². The van der Waals surface area contributed by atoms with Gasteiger partial charge in [-0.2, -0.15) is 5.26 Å². The van der Waals surface area contributed by atoms with Crippen LogP contribution in [0.4, 0.5) is 5.69 Å². The van der Waals surface area contributed by atoms with Gasteiger partial charge in [-0.05, 0) is 36.8 Å². The quantitative estimate of drug-likeness (QED) is 0.652. The Morgan fingerprint density at radius 3 is 2.71 bits per heavy atom. The molecule has 2 rings (SSSR count). The summed E-state index contributed by atoms with van der Waals surface area (Å²) >= 11 is 6.02. The van der Waals surface area contributed by atoms with Crippen molar-refractivity contribution in [3.8, 4) is 17.6 Å². The fourth-order valence-corrected chi connectivity index (χ4v) is 2.23. The van der Waals surface area contributed by atoms with Crippen molar-refractivity contribution in [1.82, 2.24) is 0 Å². The summed E-state index contributed by atoms with van der Waals surface area (Å²) < 4.78 is 5.01. The molecule has 0 saturated heterocycles. The lowest BCUT2D eigenvalue weighted by molar-refractivity contribution is -0.112. The first-order valence-electron chi connectivity index (χ1n) is 7.02. The van der Waals surface area contributed by atoms with E-state index in [0.29, 0.717) is 21.8 Å². The molecule has 0 saturated carbocycles. The molecule has 0 heterocycles. The number of amides is 1. The van der Waals surface area contributed by atoms with Crippen molar-refractivity contribution in [2.45, 2.75) is 6.92 Å². The third-order valence-electron chi connectivity index (χ3n) is 3.43. The number of ether oxygens (including phenoxy) is 1. The second-order valence-corrected chi connectivity index (χ2v) is 5.34. The van der Waals surface area contributed by atoms with Crippen molar-refractivity contribution in [3.63, 3.8) is 0 Å². The second kappa shape index (κ2) is 7.53. The summed E-state index contributed by atoms with van der Waals surface area (Å²) in [6, 6.07) is 11.7. The molecule has 0 spiro atoms. The number of para-hydroxylation sites is 1. The highest BCUT2D eigenvalue weighted by molar-refractivity contribution is 6.31. The average molecular weight is 343 g/mol. The van der Waals surface area contributed by atoms with Crippen molar-refractivity contribution in [2.24, 2.45) is 0 Å². The molecule has 1 amide bonds. The summed E-state index contributed by atoms with van der Waals surface area (Å²) in [6.45, 7) is 1.77. The number of phenols is 1. The molecule has 5 nitrogen and oxygen atoms in total. The van der Waals surface area contributed by atoms with E-state index >= 15 is 0 Å². The minimum absolute atomic E-state index is 0.139. The van der Waals surface area contributed by atoms with E-state index in [1.807, 2.05) is 6.07 Å². The molecule has 0 radical (unpaired) electrons. The van der Waals surface area contributed by atoms with Gasteiger partial charge in [0, 0.05) is 16.3 Å². The standard InChI is InChI=1S/C18H15ClN2O3/c1-11-14(19)6-4-7-15(11)21-18(23)13(10-20)9-12-5-3-8-16(24-2)17(12)22/h3-9,22H,1-2H3,(H,21,23). The number of rotatable bonds is 4. The summed E-state index contributed by atoms with van der Waals surface area (Å²) in [5, 5.41) is 22.5. The first kappa shape index (κ1) is 17.4. The van der Waals surface area contributed by atoms with Crippen LogP contribution in [0.3, 0.4) is 0 Å². The van der Waals surface area contributed by atoms with Gasteiger partial charge in [-0.15, -0.1) is 0 Å². The number of aromatic hydroxyl groups is 1. The van der Waals surface area contributed by atoms with E-state index in [4.69, 9.17) is 16.3 Å². The fraction of sp³-hybridized carbons (Fsp3) is 0.111. The predicted molar refractivity (Wildman–Crippen MR) is 93.1 cm³/mol. The van der Waals surface area contributed by atoms with Gasteiger partial charge in [0.15, 0.2) is 11.5 Å². The molecular weight excluding hydrogens is 328 g/mol. The van der Waals surface area contributed by atoms with Crippen LogP contribution in [0.5, 0.6) is 11.5 Å². The average Bonchev–Trinajstić information content (AvgIpc) is 2.58. The Balaban J connectivity index is 2.33. The van der Waals surface area contributed by atoms with Crippen LogP contribution in [0.15, 0.2) is 42.0 Å². The van der Waals surface area contributed by atoms with Crippen LogP contribution >= 0.6 is 11.6 Å². The molecule has 2 aromatic rings. The number of nitrogens with zero attached hydrogens (tertiary/aromatic N) is 1. The highest BCUT2D eigenvalue weighted by atomic mass is 35.5. The molecule has 2 aromatic carbocycles. The predicted octanol–water partition coefficient (Wildman–Crippen LogP) is 3.91. The molecule has 0 fully saturated rings. The number of carbonyl (C=O) groups excluding carboxylic acids is 1. The maximum atomic E-state index is 12.3. The SMILES string of the molecule is COc1cccc(C=C(C#N)C(=O)Nc2cccc(Cl)c2C)c1O. The zero-order valence-corrected chi connectivity index (χ0v) is 13.9. The number of benzene rings is 2. The summed E-state index contributed by atoms with van der Waals surface area (Å²) in [4.78, 5) is 12.3. The Labute approximate surface area is 144 Å². The van der Waals surface area contributed by atoms with E-state index in [1.54, 1.807) is 43.3 Å². The van der Waals surface area contributed by atoms with Gasteiger partial charge in [0.05, 0.1) is 7.11 Å². The summed E-state index contributed by atoms with van der Waals surface area (Å²) in [5.74, 6) is -0.475. The van der Waals surface area contributed by atoms with Gasteiger partial charge in [-0.3, -0.25) is 4.79 Å². The van der Waals surface area contributed by atoms with Crippen molar-refractivity contribution in [1.29, 1.82) is 5.26 Å². The smallest absolute Gasteiger partial charge is 0.266 e. The molecule has 0 aliphatic heterocycles. The van der Waals surface area contributed by atoms with Gasteiger partial charge in [-0.1, -0.05) is 29.8 Å². The van der Waals surface area contributed by atoms with Crippen molar-refractivity contribution in [2.75, 3.05) is 12.4 Å². The van der Waals surface area contributed by atoms with Crippen molar-refractivity contribution in [3.05, 3.63) is 58.1 Å². The first-order chi connectivity index (χ1) is 11.5. The van der Waals surface area contributed by atoms with E-state index < -0.39 is 5.91 Å². The minimum atomic E-state index is -0.593. The van der Waals surface area contributed by atoms with E-state index in [1.165, 1.54) is 13.2 Å². The Bertz CT molecular complexity index is 854. The van der Waals surface area contributed by atoms with Gasteiger partial charge in [0.2, 0.25) is 0 Å². The number of hydrogen-bond acceptors (Lipinski definition) is 4. The molecule has 2 N–H and O–H groups in total. The van der Waals surface area contributed by atoms with Gasteiger partial charge < -0.3 is 15.2 Å². The number of nitriles is 1. The Morgan fingerprint density at radius 2 is 2.04 bits per heavy atom. The summed E-state index contributed by atoms with van der Waals surface area (Å²) in [7, 11) is 1.42. The van der Waals surface area contributed by atoms with Crippen molar-refractivity contribution >= 4 is 29.3 Å². The summed E-state index contributed by atoms with van der Waals surface area (Å²) in [6.07, 6.45) is 1.30. The minimum Gasteiger partial charge on any atom is -0.504 e. The highest BCUT2D eigenvalue weighted by Gasteiger charge is 2.14. The van der Waals surface area contributed by atoms with E-state index in [-0.39, 0.29) is 17.1 Å². The Hall–Kier alpha value is -2.97. The fourth-order valence-electron chi connectivity index (χ4n) is 2.06. The third-order valence-corrected chi connectivity index (χ3v) is 3.84. The Kier molecular flexibility index (Phi) is 5.46. The molecule has 122 valence electrons. The number of methoxy groups -OCH3 is 1. The van der Waals surface area contributed by atoms with Gasteiger partial charge in [0.25, 0.3) is 5.91 Å². The lowest BCUT2D eigenvalue weighted by Gasteiger charge is -2.09. The second-order valence-electron chi connectivity index (χ2n) is 4.93. The normalized spacial score (nSPS) is 10.8. The van der Waals surface area contributed by atoms with Crippen LogP contribution in [0.25, 0.3) is 6.08 Å². The van der Waals surface area contributed by atoms with Crippen LogP contribution < -0.4 is 10.1 Å².